The molecule has 1 amide bonds. The van der Waals surface area contributed by atoms with Crippen LogP contribution in [0.2, 0.25) is 0 Å². The second kappa shape index (κ2) is 7.81. The first-order chi connectivity index (χ1) is 10.7. The number of nitriles is 1. The molecule has 0 spiro atoms. The van der Waals surface area contributed by atoms with Crippen LogP contribution >= 0.6 is 11.3 Å². The Labute approximate surface area is 132 Å². The lowest BCUT2D eigenvalue weighted by atomic mass is 10.2. The maximum Gasteiger partial charge on any atom is 0.263 e. The summed E-state index contributed by atoms with van der Waals surface area (Å²) >= 11 is 1.38. The Bertz CT molecular complexity index is 687. The van der Waals surface area contributed by atoms with Crippen LogP contribution in [0.1, 0.15) is 5.56 Å². The molecule has 0 bridgehead atoms. The minimum atomic E-state index is -0.442. The zero-order valence-electron chi connectivity index (χ0n) is 11.9. The Morgan fingerprint density at radius 2 is 2.23 bits per heavy atom. The molecule has 1 heterocycles. The molecule has 1 aromatic heterocycles. The molecule has 0 saturated heterocycles. The number of carbonyl (C=O) groups excluding carboxylic acids is 1. The fraction of sp³-hybridized carbons (Fsp3) is 0.133. The van der Waals surface area contributed by atoms with E-state index in [0.29, 0.717) is 11.7 Å². The highest BCUT2D eigenvalue weighted by atomic mass is 32.1. The molecule has 1 aromatic carbocycles. The summed E-state index contributed by atoms with van der Waals surface area (Å²) in [5.41, 5.74) is 0.906. The van der Waals surface area contributed by atoms with Crippen LogP contribution in [-0.2, 0) is 11.3 Å². The van der Waals surface area contributed by atoms with Gasteiger partial charge < -0.3 is 15.4 Å². The highest BCUT2D eigenvalue weighted by Crippen LogP contribution is 2.12. The van der Waals surface area contributed by atoms with E-state index in [4.69, 9.17) is 10.00 Å². The van der Waals surface area contributed by atoms with Crippen molar-refractivity contribution in [3.63, 3.8) is 0 Å². The van der Waals surface area contributed by atoms with Gasteiger partial charge in [0.15, 0.2) is 5.13 Å². The number of amides is 1. The maximum absolute atomic E-state index is 11.9. The molecule has 0 aliphatic rings. The van der Waals surface area contributed by atoms with Crippen LogP contribution in [0, 0.1) is 11.3 Å². The third-order valence-electron chi connectivity index (χ3n) is 2.75. The topological polar surface area (TPSA) is 87.0 Å². The van der Waals surface area contributed by atoms with Crippen LogP contribution in [0.25, 0.3) is 0 Å². The lowest BCUT2D eigenvalue weighted by Crippen LogP contribution is -2.24. The van der Waals surface area contributed by atoms with Crippen molar-refractivity contribution in [2.45, 2.75) is 6.54 Å². The summed E-state index contributed by atoms with van der Waals surface area (Å²) in [6, 6.07) is 9.19. The number of thiazole rings is 1. The van der Waals surface area contributed by atoms with E-state index in [1.807, 2.05) is 30.3 Å². The van der Waals surface area contributed by atoms with Gasteiger partial charge in [0, 0.05) is 24.3 Å². The largest absolute Gasteiger partial charge is 0.497 e. The first kappa shape index (κ1) is 15.5. The van der Waals surface area contributed by atoms with Crippen molar-refractivity contribution in [1.29, 1.82) is 5.26 Å². The molecule has 0 saturated carbocycles. The predicted molar refractivity (Wildman–Crippen MR) is 84.3 cm³/mol. The third-order valence-corrected chi connectivity index (χ3v) is 3.45. The molecule has 0 fully saturated rings. The van der Waals surface area contributed by atoms with Crippen LogP contribution in [-0.4, -0.2) is 18.0 Å². The van der Waals surface area contributed by atoms with Gasteiger partial charge in [0.05, 0.1) is 7.11 Å². The number of aromatic nitrogens is 1. The molecule has 0 atom stereocenters. The summed E-state index contributed by atoms with van der Waals surface area (Å²) in [6.07, 6.45) is 2.98. The molecule has 2 rings (SSSR count). The van der Waals surface area contributed by atoms with Crippen molar-refractivity contribution in [1.82, 2.24) is 10.3 Å². The van der Waals surface area contributed by atoms with Crippen molar-refractivity contribution < 1.29 is 9.53 Å². The summed E-state index contributed by atoms with van der Waals surface area (Å²) in [4.78, 5) is 15.9. The number of rotatable bonds is 6. The van der Waals surface area contributed by atoms with Crippen molar-refractivity contribution in [2.75, 3.05) is 12.4 Å². The minimum Gasteiger partial charge on any atom is -0.497 e. The van der Waals surface area contributed by atoms with Crippen LogP contribution in [0.3, 0.4) is 0 Å². The van der Waals surface area contributed by atoms with Crippen molar-refractivity contribution >= 4 is 22.4 Å². The van der Waals surface area contributed by atoms with E-state index in [2.05, 4.69) is 15.6 Å². The molecule has 0 unspecified atom stereocenters. The Kier molecular flexibility index (Phi) is 5.51. The fourth-order valence-corrected chi connectivity index (χ4v) is 2.10. The number of hydrogen-bond donors (Lipinski definition) is 2. The zero-order chi connectivity index (χ0) is 15.8. The molecule has 0 radical (unpaired) electrons. The number of carbonyl (C=O) groups is 1. The van der Waals surface area contributed by atoms with E-state index in [-0.39, 0.29) is 5.57 Å². The van der Waals surface area contributed by atoms with Crippen molar-refractivity contribution in [2.24, 2.45) is 0 Å². The zero-order valence-corrected chi connectivity index (χ0v) is 12.7. The van der Waals surface area contributed by atoms with Crippen molar-refractivity contribution in [3.05, 3.63) is 53.2 Å². The molecule has 7 heteroatoms. The SMILES string of the molecule is COc1ccc(CNC(=O)/C(C#N)=C\Nc2nccs2)cc1. The summed E-state index contributed by atoms with van der Waals surface area (Å²) < 4.78 is 5.06. The Hall–Kier alpha value is -2.85. The average molecular weight is 314 g/mol. The van der Waals surface area contributed by atoms with Gasteiger partial charge in [0.2, 0.25) is 0 Å². The molecule has 2 aromatic rings. The summed E-state index contributed by atoms with van der Waals surface area (Å²) in [5, 5.41) is 17.0. The van der Waals surface area contributed by atoms with Gasteiger partial charge in [-0.15, -0.1) is 11.3 Å². The number of anilines is 1. The molecule has 6 nitrogen and oxygen atoms in total. The highest BCUT2D eigenvalue weighted by Gasteiger charge is 2.08. The Morgan fingerprint density at radius 1 is 1.45 bits per heavy atom. The molecule has 0 aliphatic carbocycles. The average Bonchev–Trinajstić information content (AvgIpc) is 3.07. The second-order valence-electron chi connectivity index (χ2n) is 4.18. The first-order valence-electron chi connectivity index (χ1n) is 6.40. The molecule has 22 heavy (non-hydrogen) atoms. The number of hydrogen-bond acceptors (Lipinski definition) is 6. The van der Waals surface area contributed by atoms with Crippen LogP contribution in [0.15, 0.2) is 47.6 Å². The van der Waals surface area contributed by atoms with Gasteiger partial charge >= 0.3 is 0 Å². The van der Waals surface area contributed by atoms with E-state index in [1.54, 1.807) is 18.7 Å². The number of ether oxygens (including phenoxy) is 1. The monoisotopic (exact) mass is 314 g/mol. The van der Waals surface area contributed by atoms with Crippen LogP contribution in [0.4, 0.5) is 5.13 Å². The van der Waals surface area contributed by atoms with Crippen LogP contribution in [0.5, 0.6) is 5.75 Å². The van der Waals surface area contributed by atoms with Gasteiger partial charge in [-0.25, -0.2) is 4.98 Å². The molecular formula is C15H14N4O2S. The highest BCUT2D eigenvalue weighted by molar-refractivity contribution is 7.13. The Balaban J connectivity index is 1.91. The lowest BCUT2D eigenvalue weighted by molar-refractivity contribution is -0.117. The summed E-state index contributed by atoms with van der Waals surface area (Å²) in [6.45, 7) is 0.332. The van der Waals surface area contributed by atoms with Gasteiger partial charge in [-0.1, -0.05) is 12.1 Å². The summed E-state index contributed by atoms with van der Waals surface area (Å²) in [7, 11) is 1.59. The van der Waals surface area contributed by atoms with E-state index >= 15 is 0 Å². The molecule has 112 valence electrons. The van der Waals surface area contributed by atoms with E-state index in [9.17, 15) is 4.79 Å². The first-order valence-corrected chi connectivity index (χ1v) is 7.28. The third kappa shape index (κ3) is 4.33. The normalized spacial score (nSPS) is 10.6. The molecule has 2 N–H and O–H groups in total. The second-order valence-corrected chi connectivity index (χ2v) is 5.08. The lowest BCUT2D eigenvalue weighted by Gasteiger charge is -2.06. The van der Waals surface area contributed by atoms with Gasteiger partial charge in [-0.2, -0.15) is 5.26 Å². The number of benzene rings is 1. The fourth-order valence-electron chi connectivity index (χ4n) is 1.60. The smallest absolute Gasteiger partial charge is 0.263 e. The Morgan fingerprint density at radius 3 is 2.82 bits per heavy atom. The summed E-state index contributed by atoms with van der Waals surface area (Å²) in [5.74, 6) is 0.308. The van der Waals surface area contributed by atoms with Crippen molar-refractivity contribution in [3.8, 4) is 11.8 Å². The molecule has 0 aliphatic heterocycles. The maximum atomic E-state index is 11.9. The molecular weight excluding hydrogens is 300 g/mol. The standard InChI is InChI=1S/C15H14N4O2S/c1-21-13-4-2-11(3-5-13)9-18-14(20)12(8-16)10-19-15-17-6-7-22-15/h2-7,10H,9H2,1H3,(H,17,19)(H,18,20)/b12-10-. The minimum absolute atomic E-state index is 0.0105. The van der Waals surface area contributed by atoms with E-state index in [0.717, 1.165) is 11.3 Å². The quantitative estimate of drug-likeness (QED) is 0.631. The van der Waals surface area contributed by atoms with Gasteiger partial charge in [0.1, 0.15) is 17.4 Å². The van der Waals surface area contributed by atoms with Gasteiger partial charge in [-0.05, 0) is 17.7 Å². The van der Waals surface area contributed by atoms with Gasteiger partial charge in [0.25, 0.3) is 5.91 Å². The number of nitrogens with zero attached hydrogens (tertiary/aromatic N) is 2. The number of methoxy groups -OCH3 is 1. The van der Waals surface area contributed by atoms with Crippen LogP contribution < -0.4 is 15.4 Å². The number of nitrogens with one attached hydrogen (secondary N) is 2. The predicted octanol–water partition coefficient (Wildman–Crippen LogP) is 2.29. The van der Waals surface area contributed by atoms with Gasteiger partial charge in [-0.3, -0.25) is 4.79 Å². The van der Waals surface area contributed by atoms with E-state index in [1.165, 1.54) is 17.5 Å². The van der Waals surface area contributed by atoms with E-state index < -0.39 is 5.91 Å².